The molecule has 1 N–H and O–H groups in total. The Balaban J connectivity index is 0.00000241. The smallest absolute Gasteiger partial charge is 0.327 e. The number of piperidine rings is 1. The second kappa shape index (κ2) is 8.69. The molecule has 174 valence electrons. The van der Waals surface area contributed by atoms with Crippen molar-refractivity contribution in [1.29, 1.82) is 0 Å². The molecule has 2 aliphatic heterocycles. The van der Waals surface area contributed by atoms with Crippen LogP contribution in [0.4, 0.5) is 11.6 Å². The van der Waals surface area contributed by atoms with E-state index in [1.807, 2.05) is 28.8 Å². The summed E-state index contributed by atoms with van der Waals surface area (Å²) in [6.07, 6.45) is 7.20. The molecule has 0 unspecified atom stereocenters. The number of carbonyl (C=O) groups is 1. The van der Waals surface area contributed by atoms with Crippen molar-refractivity contribution in [2.75, 3.05) is 29.4 Å². The fraction of sp³-hybridized carbons (Fsp3) is 0.333. The van der Waals surface area contributed by atoms with Crippen molar-refractivity contribution in [1.82, 2.24) is 29.5 Å². The van der Waals surface area contributed by atoms with Crippen molar-refractivity contribution >= 4 is 28.7 Å². The van der Waals surface area contributed by atoms with Gasteiger partial charge in [0.05, 0.1) is 5.52 Å². The highest BCUT2D eigenvalue weighted by molar-refractivity contribution is 6.05. The molecule has 1 fully saturated rings. The molecule has 1 amide bonds. The Bertz CT molecular complexity index is 1400. The Labute approximate surface area is 196 Å². The van der Waals surface area contributed by atoms with Crippen molar-refractivity contribution in [3.05, 3.63) is 70.8 Å². The number of imidazole rings is 1. The number of amides is 1. The minimum atomic E-state index is -0.163. The number of nitrogens with one attached hydrogen (secondary N) is 1. The van der Waals surface area contributed by atoms with Gasteiger partial charge in [-0.15, -0.1) is 0 Å². The predicted octanol–water partition coefficient (Wildman–Crippen LogP) is 2.59. The van der Waals surface area contributed by atoms with Gasteiger partial charge in [-0.05, 0) is 43.0 Å². The molecular formula is C24H26N8O2. The molecule has 34 heavy (non-hydrogen) atoms. The van der Waals surface area contributed by atoms with Gasteiger partial charge >= 0.3 is 5.69 Å². The number of hydrogen-bond donors (Lipinski definition) is 1. The first kappa shape index (κ1) is 21.7. The van der Waals surface area contributed by atoms with Crippen LogP contribution in [-0.2, 0) is 6.42 Å². The van der Waals surface area contributed by atoms with Gasteiger partial charge in [-0.25, -0.2) is 24.7 Å². The van der Waals surface area contributed by atoms with E-state index >= 15 is 0 Å². The van der Waals surface area contributed by atoms with E-state index in [4.69, 9.17) is 0 Å². The number of carbonyl (C=O) groups excluding carboxylic acids is 1. The zero-order chi connectivity index (χ0) is 22.4. The Hall–Kier alpha value is -4.08. The maximum atomic E-state index is 13.1. The average molecular weight is 459 g/mol. The van der Waals surface area contributed by atoms with E-state index in [1.54, 1.807) is 23.4 Å². The number of rotatable bonds is 3. The van der Waals surface area contributed by atoms with Crippen LogP contribution in [0.5, 0.6) is 0 Å². The second-order valence-corrected chi connectivity index (χ2v) is 8.34. The number of pyridine rings is 2. The van der Waals surface area contributed by atoms with E-state index in [0.29, 0.717) is 23.7 Å². The van der Waals surface area contributed by atoms with Crippen LogP contribution in [0, 0.1) is 0 Å². The summed E-state index contributed by atoms with van der Waals surface area (Å²) in [6.45, 7) is 2.05. The fourth-order valence-corrected chi connectivity index (χ4v) is 4.85. The van der Waals surface area contributed by atoms with Crippen LogP contribution in [-0.4, -0.2) is 55.0 Å². The van der Waals surface area contributed by atoms with E-state index in [0.717, 1.165) is 49.2 Å². The lowest BCUT2D eigenvalue weighted by atomic mass is 10.0. The van der Waals surface area contributed by atoms with Gasteiger partial charge in [0.25, 0.3) is 5.91 Å². The molecule has 0 aromatic carbocycles. The molecule has 4 aromatic heterocycles. The van der Waals surface area contributed by atoms with Crippen molar-refractivity contribution < 1.29 is 4.79 Å². The summed E-state index contributed by atoms with van der Waals surface area (Å²) in [4.78, 5) is 49.6. The molecule has 0 bridgehead atoms. The first-order chi connectivity index (χ1) is 16.2. The van der Waals surface area contributed by atoms with E-state index in [-0.39, 0.29) is 25.1 Å². The van der Waals surface area contributed by atoms with Gasteiger partial charge in [0, 0.05) is 44.1 Å². The predicted molar refractivity (Wildman–Crippen MR) is 129 cm³/mol. The third kappa shape index (κ3) is 3.60. The number of H-pyrrole nitrogens is 1. The van der Waals surface area contributed by atoms with Crippen LogP contribution in [0.3, 0.4) is 0 Å². The molecule has 0 saturated carbocycles. The van der Waals surface area contributed by atoms with Gasteiger partial charge < -0.3 is 4.90 Å². The molecule has 6 rings (SSSR count). The molecule has 6 heterocycles. The SMILES string of the molecule is C.O=C(c1cc(N2CCC(n3c(=O)[nH]c4ncccc43)CC2)ncn1)N1CCc2cccnc21. The summed E-state index contributed by atoms with van der Waals surface area (Å²) in [5.41, 5.74) is 2.75. The Morgan fingerprint density at radius 1 is 1.00 bits per heavy atom. The third-order valence-corrected chi connectivity index (χ3v) is 6.49. The molecule has 0 radical (unpaired) electrons. The maximum Gasteiger partial charge on any atom is 0.327 e. The molecule has 2 aliphatic rings. The Morgan fingerprint density at radius 3 is 2.65 bits per heavy atom. The normalized spacial score (nSPS) is 15.9. The monoisotopic (exact) mass is 458 g/mol. The summed E-state index contributed by atoms with van der Waals surface area (Å²) < 4.78 is 1.81. The summed E-state index contributed by atoms with van der Waals surface area (Å²) in [7, 11) is 0. The lowest BCUT2D eigenvalue weighted by Gasteiger charge is -2.33. The molecule has 0 aliphatic carbocycles. The molecular weight excluding hydrogens is 432 g/mol. The topological polar surface area (TPSA) is 113 Å². The summed E-state index contributed by atoms with van der Waals surface area (Å²) in [5.74, 6) is 1.27. The van der Waals surface area contributed by atoms with Gasteiger partial charge in [-0.1, -0.05) is 13.5 Å². The van der Waals surface area contributed by atoms with Gasteiger partial charge in [-0.3, -0.25) is 19.2 Å². The largest absolute Gasteiger partial charge is 0.356 e. The lowest BCUT2D eigenvalue weighted by molar-refractivity contribution is 0.0983. The summed E-state index contributed by atoms with van der Waals surface area (Å²) >= 11 is 0. The van der Waals surface area contributed by atoms with E-state index in [2.05, 4.69) is 29.8 Å². The number of aromatic amines is 1. The maximum absolute atomic E-state index is 13.1. The van der Waals surface area contributed by atoms with Crippen LogP contribution in [0.1, 0.15) is 42.4 Å². The molecule has 0 spiro atoms. The molecule has 1 saturated heterocycles. The summed E-state index contributed by atoms with van der Waals surface area (Å²) in [6, 6.07) is 9.49. The van der Waals surface area contributed by atoms with Crippen molar-refractivity contribution in [3.63, 3.8) is 0 Å². The standard InChI is InChI=1S/C23H22N8O2.CH4/c32-22(30-12-5-15-3-1-9-25-21(15)30)17-13-19(27-14-26-17)29-10-6-16(7-11-29)31-18-4-2-8-24-20(18)28-23(31)33;/h1-4,8-9,13-14,16H,5-7,10-12H2,(H,24,28,33);1H4. The van der Waals surface area contributed by atoms with E-state index < -0.39 is 0 Å². The van der Waals surface area contributed by atoms with Crippen LogP contribution in [0.2, 0.25) is 0 Å². The van der Waals surface area contributed by atoms with Gasteiger partial charge in [-0.2, -0.15) is 0 Å². The highest BCUT2D eigenvalue weighted by Gasteiger charge is 2.29. The van der Waals surface area contributed by atoms with Gasteiger partial charge in [0.2, 0.25) is 0 Å². The van der Waals surface area contributed by atoms with Crippen molar-refractivity contribution in [3.8, 4) is 0 Å². The third-order valence-electron chi connectivity index (χ3n) is 6.49. The van der Waals surface area contributed by atoms with Crippen molar-refractivity contribution in [2.24, 2.45) is 0 Å². The van der Waals surface area contributed by atoms with E-state index in [9.17, 15) is 9.59 Å². The summed E-state index contributed by atoms with van der Waals surface area (Å²) in [5, 5.41) is 0. The first-order valence-corrected chi connectivity index (χ1v) is 11.1. The fourth-order valence-electron chi connectivity index (χ4n) is 4.85. The zero-order valence-corrected chi connectivity index (χ0v) is 17.9. The van der Waals surface area contributed by atoms with Crippen LogP contribution in [0.25, 0.3) is 11.2 Å². The quantitative estimate of drug-likeness (QED) is 0.502. The zero-order valence-electron chi connectivity index (χ0n) is 17.9. The number of fused-ring (bicyclic) bond motifs is 2. The van der Waals surface area contributed by atoms with Crippen LogP contribution < -0.4 is 15.5 Å². The Kier molecular flexibility index (Phi) is 5.56. The highest BCUT2D eigenvalue weighted by Crippen LogP contribution is 2.29. The van der Waals surface area contributed by atoms with Gasteiger partial charge in [0.15, 0.2) is 5.65 Å². The minimum absolute atomic E-state index is 0. The van der Waals surface area contributed by atoms with Crippen LogP contribution >= 0.6 is 0 Å². The minimum Gasteiger partial charge on any atom is -0.356 e. The second-order valence-electron chi connectivity index (χ2n) is 8.34. The number of anilines is 2. The van der Waals surface area contributed by atoms with Gasteiger partial charge in [0.1, 0.15) is 23.7 Å². The lowest BCUT2D eigenvalue weighted by Crippen LogP contribution is -2.37. The molecule has 0 atom stereocenters. The van der Waals surface area contributed by atoms with E-state index in [1.165, 1.54) is 6.33 Å². The number of nitrogens with zero attached hydrogens (tertiary/aromatic N) is 7. The first-order valence-electron chi connectivity index (χ1n) is 11.1. The number of aromatic nitrogens is 6. The van der Waals surface area contributed by atoms with Crippen LogP contribution in [0.15, 0.2) is 53.8 Å². The average Bonchev–Trinajstić information content (AvgIpc) is 3.44. The number of hydrogen-bond acceptors (Lipinski definition) is 7. The Morgan fingerprint density at radius 2 is 1.79 bits per heavy atom. The highest BCUT2D eigenvalue weighted by atomic mass is 16.2. The molecule has 10 heteroatoms. The van der Waals surface area contributed by atoms with Crippen molar-refractivity contribution in [2.45, 2.75) is 32.7 Å². The molecule has 10 nitrogen and oxygen atoms in total. The molecule has 4 aromatic rings.